The zero-order valence-electron chi connectivity index (χ0n) is 8.14. The number of quaternary nitrogens is 1. The van der Waals surface area contributed by atoms with Crippen molar-refractivity contribution in [3.05, 3.63) is 0 Å². The van der Waals surface area contributed by atoms with Crippen molar-refractivity contribution in [3.63, 3.8) is 0 Å². The number of nitrogens with zero attached hydrogens (tertiary/aromatic N) is 1. The van der Waals surface area contributed by atoms with E-state index in [2.05, 4.69) is 10.0 Å². The molecule has 0 unspecified atom stereocenters. The molecule has 0 aromatic heterocycles. The molecule has 1 aliphatic heterocycles. The first-order valence-corrected chi connectivity index (χ1v) is 5.52. The number of hydrogen-bond acceptors (Lipinski definition) is 6. The predicted octanol–water partition coefficient (Wildman–Crippen LogP) is -2.04. The fourth-order valence-corrected chi connectivity index (χ4v) is 1.03. The van der Waals surface area contributed by atoms with E-state index in [4.69, 9.17) is 4.74 Å². The third kappa shape index (κ3) is 9.84. The largest absolute Gasteiger partial charge is 0.726 e. The Morgan fingerprint density at radius 2 is 2.00 bits per heavy atom. The smallest absolute Gasteiger partial charge is 0.217 e. The Kier molecular flexibility index (Phi) is 6.97. The van der Waals surface area contributed by atoms with Gasteiger partial charge >= 0.3 is 0 Å². The van der Waals surface area contributed by atoms with Crippen LogP contribution in [0.25, 0.3) is 0 Å². The van der Waals surface area contributed by atoms with E-state index in [9.17, 15) is 13.0 Å². The lowest BCUT2D eigenvalue weighted by atomic mass is 10.5. The Bertz CT molecular complexity index is 224. The van der Waals surface area contributed by atoms with Crippen LogP contribution in [-0.2, 0) is 19.3 Å². The van der Waals surface area contributed by atoms with Gasteiger partial charge in [0, 0.05) is 0 Å². The number of morpholine rings is 1. The zero-order chi connectivity index (χ0) is 11.0. The van der Waals surface area contributed by atoms with Crippen LogP contribution in [-0.4, -0.2) is 50.9 Å². The summed E-state index contributed by atoms with van der Waals surface area (Å²) in [5.74, 6) is 3.75. The second kappa shape index (κ2) is 7.10. The van der Waals surface area contributed by atoms with Crippen LogP contribution in [0.1, 0.15) is 6.92 Å². The highest BCUT2D eigenvalue weighted by atomic mass is 32.3. The minimum absolute atomic E-state index is 0.0914. The Labute approximate surface area is 83.7 Å². The molecule has 1 rings (SSSR count). The highest BCUT2D eigenvalue weighted by Crippen LogP contribution is 1.85. The molecule has 0 aromatic rings. The molecular weight excluding hydrogens is 212 g/mol. The molecule has 3 N–H and O–H groups in total. The van der Waals surface area contributed by atoms with Gasteiger partial charge in [0.05, 0.1) is 32.9 Å². The third-order valence-corrected chi connectivity index (χ3v) is 1.89. The second-order valence-electron chi connectivity index (χ2n) is 2.55. The topological polar surface area (TPSA) is 107 Å². The van der Waals surface area contributed by atoms with E-state index in [0.717, 1.165) is 26.3 Å². The van der Waals surface area contributed by atoms with Crippen LogP contribution in [0.2, 0.25) is 0 Å². The van der Waals surface area contributed by atoms with Gasteiger partial charge in [-0.2, -0.15) is 5.01 Å². The molecule has 0 aromatic carbocycles. The van der Waals surface area contributed by atoms with Crippen LogP contribution in [0.4, 0.5) is 0 Å². The maximum atomic E-state index is 9.45. The summed E-state index contributed by atoms with van der Waals surface area (Å²) in [5.41, 5.74) is 0. The quantitative estimate of drug-likeness (QED) is 0.431. The molecule has 1 heterocycles. The fraction of sp³-hybridized carbons (Fsp3) is 1.00. The lowest BCUT2D eigenvalue weighted by molar-refractivity contribution is -0.580. The molecule has 0 amide bonds. The van der Waals surface area contributed by atoms with Crippen molar-refractivity contribution in [2.75, 3.05) is 32.9 Å². The molecule has 0 radical (unpaired) electrons. The standard InChI is InChI=1S/C4H10N2O.C2H6O4S/c5-6-1-3-7-4-2-6;1-2-6-7(3,4)5/h1-5H2;2H2,1H3,(H,3,4,5). The van der Waals surface area contributed by atoms with E-state index in [1.165, 1.54) is 6.92 Å². The molecule has 1 aliphatic rings. The second-order valence-corrected chi connectivity index (χ2v) is 3.60. The highest BCUT2D eigenvalue weighted by Gasteiger charge is 2.06. The average molecular weight is 228 g/mol. The molecule has 0 atom stereocenters. The molecule has 0 bridgehead atoms. The van der Waals surface area contributed by atoms with Gasteiger partial charge in [-0.25, -0.2) is 8.42 Å². The molecule has 7 nitrogen and oxygen atoms in total. The van der Waals surface area contributed by atoms with Crippen LogP contribution in [0.15, 0.2) is 0 Å². The molecule has 14 heavy (non-hydrogen) atoms. The first-order valence-electron chi connectivity index (χ1n) is 4.19. The first-order chi connectivity index (χ1) is 6.45. The first kappa shape index (κ1) is 13.8. The van der Waals surface area contributed by atoms with Gasteiger partial charge in [-0.3, -0.25) is 10.0 Å². The Morgan fingerprint density at radius 1 is 1.50 bits per heavy atom. The average Bonchev–Trinajstić information content (AvgIpc) is 2.04. The minimum Gasteiger partial charge on any atom is -0.726 e. The SMILES string of the molecule is CCOS(=O)(=O)[O-].[NH3+]N1CCOCC1. The van der Waals surface area contributed by atoms with Crippen molar-refractivity contribution >= 4 is 10.4 Å². The van der Waals surface area contributed by atoms with Crippen LogP contribution in [0.3, 0.4) is 0 Å². The molecular formula is C6H16N2O5S. The van der Waals surface area contributed by atoms with E-state index in [1.54, 1.807) is 0 Å². The van der Waals surface area contributed by atoms with Crippen molar-refractivity contribution in [2.45, 2.75) is 6.92 Å². The molecule has 0 aliphatic carbocycles. The fourth-order valence-electron chi connectivity index (χ4n) is 0.746. The Hall–Kier alpha value is -0.250. The summed E-state index contributed by atoms with van der Waals surface area (Å²) in [5, 5.41) is 2.02. The van der Waals surface area contributed by atoms with Crippen LogP contribution < -0.4 is 5.84 Å². The van der Waals surface area contributed by atoms with Crippen molar-refractivity contribution < 1.29 is 27.7 Å². The lowest BCUT2D eigenvalue weighted by Crippen LogP contribution is -2.70. The van der Waals surface area contributed by atoms with Crippen LogP contribution >= 0.6 is 0 Å². The van der Waals surface area contributed by atoms with Gasteiger partial charge in [0.1, 0.15) is 0 Å². The van der Waals surface area contributed by atoms with Gasteiger partial charge in [-0.15, -0.1) is 0 Å². The number of rotatable bonds is 2. The van der Waals surface area contributed by atoms with Crippen molar-refractivity contribution in [3.8, 4) is 0 Å². The van der Waals surface area contributed by atoms with E-state index in [1.807, 2.05) is 5.01 Å². The summed E-state index contributed by atoms with van der Waals surface area (Å²) >= 11 is 0. The van der Waals surface area contributed by atoms with Crippen molar-refractivity contribution in [1.82, 2.24) is 5.01 Å². The van der Waals surface area contributed by atoms with Crippen LogP contribution in [0, 0.1) is 0 Å². The summed E-state index contributed by atoms with van der Waals surface area (Å²) < 4.78 is 37.1. The van der Waals surface area contributed by atoms with Gasteiger partial charge in [0.15, 0.2) is 0 Å². The van der Waals surface area contributed by atoms with Crippen LogP contribution in [0.5, 0.6) is 0 Å². The molecule has 1 saturated heterocycles. The van der Waals surface area contributed by atoms with Gasteiger partial charge < -0.3 is 9.29 Å². The molecule has 0 spiro atoms. The summed E-state index contributed by atoms with van der Waals surface area (Å²) in [6, 6.07) is 0. The predicted molar refractivity (Wildman–Crippen MR) is 46.6 cm³/mol. The van der Waals surface area contributed by atoms with E-state index < -0.39 is 10.4 Å². The molecule has 86 valence electrons. The van der Waals surface area contributed by atoms with Gasteiger partial charge in [0.25, 0.3) is 0 Å². The molecule has 0 saturated carbocycles. The summed E-state index contributed by atoms with van der Waals surface area (Å²) in [4.78, 5) is 0. The maximum absolute atomic E-state index is 9.45. The summed E-state index contributed by atoms with van der Waals surface area (Å²) in [6.45, 7) is 5.01. The minimum atomic E-state index is -4.42. The lowest BCUT2D eigenvalue weighted by Gasteiger charge is -2.17. The zero-order valence-corrected chi connectivity index (χ0v) is 8.96. The van der Waals surface area contributed by atoms with Gasteiger partial charge in [-0.05, 0) is 6.92 Å². The van der Waals surface area contributed by atoms with Gasteiger partial charge in [-0.1, -0.05) is 0 Å². The molecule has 8 heteroatoms. The van der Waals surface area contributed by atoms with Gasteiger partial charge in [0.2, 0.25) is 10.4 Å². The van der Waals surface area contributed by atoms with E-state index in [-0.39, 0.29) is 6.61 Å². The Morgan fingerprint density at radius 3 is 2.14 bits per heavy atom. The normalized spacial score (nSPS) is 18.5. The third-order valence-electron chi connectivity index (χ3n) is 1.37. The maximum Gasteiger partial charge on any atom is 0.217 e. The van der Waals surface area contributed by atoms with E-state index in [0.29, 0.717) is 0 Å². The summed E-state index contributed by atoms with van der Waals surface area (Å²) in [6.07, 6.45) is 0. The molecule has 1 fully saturated rings. The highest BCUT2D eigenvalue weighted by molar-refractivity contribution is 7.80. The summed E-state index contributed by atoms with van der Waals surface area (Å²) in [7, 11) is -4.42. The monoisotopic (exact) mass is 228 g/mol. The number of ether oxygens (including phenoxy) is 1. The number of hydrogen-bond donors (Lipinski definition) is 1. The van der Waals surface area contributed by atoms with Crippen molar-refractivity contribution in [2.24, 2.45) is 0 Å². The van der Waals surface area contributed by atoms with Crippen molar-refractivity contribution in [1.29, 1.82) is 0 Å². The Balaban J connectivity index is 0.000000241. The van der Waals surface area contributed by atoms with E-state index >= 15 is 0 Å².